The molecule has 2 aromatic rings. The number of unbranched alkanes of at least 4 members (excludes halogenated alkanes) is 1. The molecule has 0 N–H and O–H groups in total. The maximum absolute atomic E-state index is 11.4. The van der Waals surface area contributed by atoms with Crippen LogP contribution in [0.1, 0.15) is 46.3 Å². The first-order valence-corrected chi connectivity index (χ1v) is 6.79. The highest BCUT2D eigenvalue weighted by Crippen LogP contribution is 2.15. The van der Waals surface area contributed by atoms with Crippen molar-refractivity contribution in [3.63, 3.8) is 0 Å². The fourth-order valence-electron chi connectivity index (χ4n) is 2.05. The minimum atomic E-state index is -0.389. The van der Waals surface area contributed by atoms with Gasteiger partial charge in [0.15, 0.2) is 6.29 Å². The Bertz CT molecular complexity index is 632. The number of benzene rings is 1. The van der Waals surface area contributed by atoms with E-state index in [0.29, 0.717) is 11.3 Å². The van der Waals surface area contributed by atoms with Crippen LogP contribution in [-0.4, -0.2) is 34.4 Å². The van der Waals surface area contributed by atoms with Crippen LogP contribution in [0.2, 0.25) is 0 Å². The van der Waals surface area contributed by atoms with Crippen molar-refractivity contribution in [1.29, 1.82) is 0 Å². The first-order valence-electron chi connectivity index (χ1n) is 6.79. The van der Waals surface area contributed by atoms with Crippen LogP contribution in [0, 0.1) is 0 Å². The van der Waals surface area contributed by atoms with Gasteiger partial charge in [-0.15, -0.1) is 5.10 Å². The van der Waals surface area contributed by atoms with Gasteiger partial charge in [-0.05, 0) is 37.1 Å². The summed E-state index contributed by atoms with van der Waals surface area (Å²) in [4.78, 5) is 22.5. The SMILES string of the molecule is CCCCc1c(C=O)nnn1-c1ccc(C(=O)OC)cc1. The maximum Gasteiger partial charge on any atom is 0.337 e. The summed E-state index contributed by atoms with van der Waals surface area (Å²) in [5.41, 5.74) is 2.37. The first kappa shape index (κ1) is 14.9. The molecule has 1 heterocycles. The van der Waals surface area contributed by atoms with Gasteiger partial charge in [0.25, 0.3) is 0 Å². The monoisotopic (exact) mass is 287 g/mol. The van der Waals surface area contributed by atoms with E-state index in [1.54, 1.807) is 28.9 Å². The fraction of sp³-hybridized carbons (Fsp3) is 0.333. The second-order valence-corrected chi connectivity index (χ2v) is 4.59. The van der Waals surface area contributed by atoms with Crippen molar-refractivity contribution in [2.75, 3.05) is 7.11 Å². The van der Waals surface area contributed by atoms with Gasteiger partial charge in [-0.25, -0.2) is 9.48 Å². The number of carbonyl (C=O) groups excluding carboxylic acids is 2. The number of aromatic nitrogens is 3. The summed E-state index contributed by atoms with van der Waals surface area (Å²) in [5.74, 6) is -0.389. The zero-order chi connectivity index (χ0) is 15.2. The molecule has 0 saturated carbocycles. The van der Waals surface area contributed by atoms with Gasteiger partial charge in [-0.3, -0.25) is 4.79 Å². The second kappa shape index (κ2) is 6.78. The second-order valence-electron chi connectivity index (χ2n) is 4.59. The predicted octanol–water partition coefficient (Wildman–Crippen LogP) is 2.21. The lowest BCUT2D eigenvalue weighted by Gasteiger charge is -2.07. The van der Waals surface area contributed by atoms with Gasteiger partial charge < -0.3 is 4.74 Å². The van der Waals surface area contributed by atoms with E-state index in [4.69, 9.17) is 0 Å². The molecule has 0 atom stereocenters. The highest BCUT2D eigenvalue weighted by atomic mass is 16.5. The van der Waals surface area contributed by atoms with Gasteiger partial charge >= 0.3 is 5.97 Å². The minimum Gasteiger partial charge on any atom is -0.465 e. The molecule has 6 nitrogen and oxygen atoms in total. The summed E-state index contributed by atoms with van der Waals surface area (Å²) in [7, 11) is 1.34. The van der Waals surface area contributed by atoms with Crippen molar-refractivity contribution in [2.45, 2.75) is 26.2 Å². The Morgan fingerprint density at radius 3 is 2.62 bits per heavy atom. The van der Waals surface area contributed by atoms with E-state index in [2.05, 4.69) is 22.0 Å². The van der Waals surface area contributed by atoms with Crippen molar-refractivity contribution in [3.05, 3.63) is 41.2 Å². The molecule has 0 radical (unpaired) electrons. The van der Waals surface area contributed by atoms with E-state index < -0.39 is 0 Å². The number of methoxy groups -OCH3 is 1. The number of hydrogen-bond acceptors (Lipinski definition) is 5. The Kier molecular flexibility index (Phi) is 4.81. The highest BCUT2D eigenvalue weighted by Gasteiger charge is 2.14. The van der Waals surface area contributed by atoms with Crippen LogP contribution in [0.4, 0.5) is 0 Å². The standard InChI is InChI=1S/C15H17N3O3/c1-3-4-5-14-13(10-19)16-17-18(14)12-8-6-11(7-9-12)15(20)21-2/h6-10H,3-5H2,1-2H3. The Balaban J connectivity index is 2.35. The summed E-state index contributed by atoms with van der Waals surface area (Å²) < 4.78 is 6.30. The van der Waals surface area contributed by atoms with Crippen LogP contribution in [0.15, 0.2) is 24.3 Å². The summed E-state index contributed by atoms with van der Waals surface area (Å²) in [5, 5.41) is 7.91. The normalized spacial score (nSPS) is 10.4. The zero-order valence-corrected chi connectivity index (χ0v) is 12.1. The third-order valence-electron chi connectivity index (χ3n) is 3.20. The van der Waals surface area contributed by atoms with Gasteiger partial charge in [0.05, 0.1) is 24.1 Å². The molecule has 0 aliphatic carbocycles. The molecule has 0 aliphatic heterocycles. The van der Waals surface area contributed by atoms with Gasteiger partial charge in [-0.1, -0.05) is 18.6 Å². The number of nitrogens with zero attached hydrogens (tertiary/aromatic N) is 3. The van der Waals surface area contributed by atoms with E-state index in [1.165, 1.54) is 7.11 Å². The van der Waals surface area contributed by atoms with Crippen LogP contribution in [0.3, 0.4) is 0 Å². The largest absolute Gasteiger partial charge is 0.465 e. The number of esters is 1. The van der Waals surface area contributed by atoms with E-state index in [0.717, 1.165) is 36.9 Å². The molecule has 0 saturated heterocycles. The van der Waals surface area contributed by atoms with Crippen LogP contribution >= 0.6 is 0 Å². The molecule has 110 valence electrons. The number of rotatable bonds is 6. The lowest BCUT2D eigenvalue weighted by molar-refractivity contribution is 0.0600. The van der Waals surface area contributed by atoms with Crippen LogP contribution < -0.4 is 0 Å². The van der Waals surface area contributed by atoms with Crippen molar-refractivity contribution in [1.82, 2.24) is 15.0 Å². The molecule has 0 fully saturated rings. The summed E-state index contributed by atoms with van der Waals surface area (Å²) >= 11 is 0. The van der Waals surface area contributed by atoms with E-state index in [9.17, 15) is 9.59 Å². The molecule has 1 aromatic carbocycles. The molecule has 1 aromatic heterocycles. The topological polar surface area (TPSA) is 74.1 Å². The fourth-order valence-corrected chi connectivity index (χ4v) is 2.05. The molecular weight excluding hydrogens is 270 g/mol. The van der Waals surface area contributed by atoms with Crippen molar-refractivity contribution < 1.29 is 14.3 Å². The summed E-state index contributed by atoms with van der Waals surface area (Å²) in [6.07, 6.45) is 3.42. The summed E-state index contributed by atoms with van der Waals surface area (Å²) in [6, 6.07) is 6.83. The lowest BCUT2D eigenvalue weighted by Crippen LogP contribution is -2.05. The van der Waals surface area contributed by atoms with Gasteiger partial charge in [-0.2, -0.15) is 0 Å². The van der Waals surface area contributed by atoms with E-state index in [-0.39, 0.29) is 5.97 Å². The Hall–Kier alpha value is -2.50. The summed E-state index contributed by atoms with van der Waals surface area (Å²) in [6.45, 7) is 2.08. The van der Waals surface area contributed by atoms with Crippen molar-refractivity contribution in [3.8, 4) is 5.69 Å². The van der Waals surface area contributed by atoms with E-state index in [1.807, 2.05) is 0 Å². The quantitative estimate of drug-likeness (QED) is 0.601. The van der Waals surface area contributed by atoms with Crippen LogP contribution in [0.5, 0.6) is 0 Å². The number of ether oxygens (including phenoxy) is 1. The third-order valence-corrected chi connectivity index (χ3v) is 3.20. The average molecular weight is 287 g/mol. The minimum absolute atomic E-state index is 0.362. The molecule has 6 heteroatoms. The van der Waals surface area contributed by atoms with Crippen LogP contribution in [-0.2, 0) is 11.2 Å². The van der Waals surface area contributed by atoms with Crippen molar-refractivity contribution >= 4 is 12.3 Å². The number of aldehydes is 1. The van der Waals surface area contributed by atoms with Gasteiger partial charge in [0.1, 0.15) is 5.69 Å². The predicted molar refractivity (Wildman–Crippen MR) is 76.7 cm³/mol. The maximum atomic E-state index is 11.4. The van der Waals surface area contributed by atoms with Crippen LogP contribution in [0.25, 0.3) is 5.69 Å². The molecule has 21 heavy (non-hydrogen) atoms. The molecular formula is C15H17N3O3. The highest BCUT2D eigenvalue weighted by molar-refractivity contribution is 5.89. The third kappa shape index (κ3) is 3.16. The molecule has 2 rings (SSSR count). The van der Waals surface area contributed by atoms with Gasteiger partial charge in [0.2, 0.25) is 0 Å². The molecule has 0 aliphatic rings. The number of hydrogen-bond donors (Lipinski definition) is 0. The van der Waals surface area contributed by atoms with E-state index >= 15 is 0 Å². The van der Waals surface area contributed by atoms with Gasteiger partial charge in [0, 0.05) is 0 Å². The average Bonchev–Trinajstić information content (AvgIpc) is 2.95. The first-order chi connectivity index (χ1) is 10.2. The van der Waals surface area contributed by atoms with Crippen molar-refractivity contribution in [2.24, 2.45) is 0 Å². The smallest absolute Gasteiger partial charge is 0.337 e. The Morgan fingerprint density at radius 1 is 1.33 bits per heavy atom. The number of carbonyl (C=O) groups is 2. The molecule has 0 bridgehead atoms. The Morgan fingerprint density at radius 2 is 2.05 bits per heavy atom. The molecule has 0 spiro atoms. The molecule has 0 unspecified atom stereocenters. The Labute approximate surface area is 122 Å². The zero-order valence-electron chi connectivity index (χ0n) is 12.1. The molecule has 0 amide bonds. The lowest BCUT2D eigenvalue weighted by atomic mass is 10.1.